The molecule has 0 spiro atoms. The summed E-state index contributed by atoms with van der Waals surface area (Å²) in [6.45, 7) is 8.24. The zero-order valence-electron chi connectivity index (χ0n) is 24.1. The molecule has 206 valence electrons. The van der Waals surface area contributed by atoms with Crippen LogP contribution < -0.4 is 18.9 Å². The Morgan fingerprint density at radius 1 is 0.575 bits per heavy atom. The van der Waals surface area contributed by atoms with Gasteiger partial charge in [-0.25, -0.2) is 0 Å². The highest BCUT2D eigenvalue weighted by Crippen LogP contribution is 2.40. The maximum atomic E-state index is 5.72. The largest absolute Gasteiger partial charge is 0.496 e. The monoisotopic (exact) mass is 538 g/mol. The quantitative estimate of drug-likeness (QED) is 0.201. The van der Waals surface area contributed by atoms with E-state index in [1.54, 1.807) is 28.4 Å². The molecule has 0 saturated carbocycles. The van der Waals surface area contributed by atoms with Crippen molar-refractivity contribution in [3.8, 4) is 23.0 Å². The second kappa shape index (κ2) is 10.8. The SMILES string of the molecule is COc1cc(OC)c2c(C)c(C)[nH]c2c1C=Nc1ccccc1N=Cc1c(OC)cc(OC)c2c(C)c(C)[nH]c12. The van der Waals surface area contributed by atoms with E-state index in [9.17, 15) is 0 Å². The number of methoxy groups -OCH3 is 4. The highest BCUT2D eigenvalue weighted by molar-refractivity contribution is 6.07. The lowest BCUT2D eigenvalue weighted by Crippen LogP contribution is -1.96. The highest BCUT2D eigenvalue weighted by atomic mass is 16.5. The van der Waals surface area contributed by atoms with Gasteiger partial charge in [-0.15, -0.1) is 0 Å². The van der Waals surface area contributed by atoms with Crippen LogP contribution in [0.2, 0.25) is 0 Å². The summed E-state index contributed by atoms with van der Waals surface area (Å²) in [5, 5.41) is 2.03. The second-order valence-corrected chi connectivity index (χ2v) is 9.64. The molecule has 8 nitrogen and oxygen atoms in total. The average molecular weight is 539 g/mol. The van der Waals surface area contributed by atoms with Crippen molar-refractivity contribution in [3.05, 3.63) is 70.0 Å². The molecule has 0 unspecified atom stereocenters. The standard InChI is InChI=1S/C32H34N4O4/c1-17-19(3)35-31-21(25(37-5)13-27(39-7)29(17)31)15-33-23-11-9-10-12-24(23)34-16-22-26(38-6)14-28(40-8)30-18(2)20(4)36-32(22)30/h9-16,35-36H,1-8H3. The van der Waals surface area contributed by atoms with Crippen LogP contribution in [0.1, 0.15) is 33.6 Å². The van der Waals surface area contributed by atoms with E-state index in [4.69, 9.17) is 28.9 Å². The molecule has 0 aliphatic heterocycles. The topological polar surface area (TPSA) is 93.2 Å². The number of aromatic nitrogens is 2. The molecule has 0 atom stereocenters. The fourth-order valence-electron chi connectivity index (χ4n) is 5.11. The van der Waals surface area contributed by atoms with Crippen LogP contribution in [0.3, 0.4) is 0 Å². The van der Waals surface area contributed by atoms with E-state index in [0.717, 1.165) is 66.9 Å². The van der Waals surface area contributed by atoms with Gasteiger partial charge < -0.3 is 28.9 Å². The summed E-state index contributed by atoms with van der Waals surface area (Å²) in [5.41, 5.74) is 9.32. The number of para-hydroxylation sites is 2. The number of hydrogen-bond donors (Lipinski definition) is 2. The van der Waals surface area contributed by atoms with Crippen LogP contribution in [0.5, 0.6) is 23.0 Å². The first-order valence-electron chi connectivity index (χ1n) is 13.0. The van der Waals surface area contributed by atoms with E-state index >= 15 is 0 Å². The summed E-state index contributed by atoms with van der Waals surface area (Å²) in [5.74, 6) is 2.84. The Labute approximate surface area is 233 Å². The molecule has 0 radical (unpaired) electrons. The normalized spacial score (nSPS) is 11.8. The summed E-state index contributed by atoms with van der Waals surface area (Å²) < 4.78 is 22.8. The molecule has 2 heterocycles. The van der Waals surface area contributed by atoms with Crippen LogP contribution in [0.15, 0.2) is 46.4 Å². The molecule has 2 N–H and O–H groups in total. The lowest BCUT2D eigenvalue weighted by molar-refractivity contribution is 0.397. The number of ether oxygens (including phenoxy) is 4. The maximum absolute atomic E-state index is 5.72. The van der Waals surface area contributed by atoms with Crippen molar-refractivity contribution in [3.63, 3.8) is 0 Å². The molecule has 3 aromatic carbocycles. The van der Waals surface area contributed by atoms with Crippen LogP contribution in [0, 0.1) is 27.7 Å². The zero-order chi connectivity index (χ0) is 28.6. The Hall–Kier alpha value is -4.72. The fraction of sp³-hybridized carbons (Fsp3) is 0.250. The minimum Gasteiger partial charge on any atom is -0.496 e. The number of aliphatic imine (C=N–C) groups is 2. The van der Waals surface area contributed by atoms with Crippen LogP contribution >= 0.6 is 0 Å². The van der Waals surface area contributed by atoms with Crippen LogP contribution in [0.25, 0.3) is 21.8 Å². The van der Waals surface area contributed by atoms with Gasteiger partial charge in [0, 0.05) is 46.7 Å². The number of aryl methyl sites for hydroxylation is 4. The predicted molar refractivity (Wildman–Crippen MR) is 163 cm³/mol. The molecule has 0 amide bonds. The zero-order valence-corrected chi connectivity index (χ0v) is 24.1. The van der Waals surface area contributed by atoms with Crippen molar-refractivity contribution in [2.75, 3.05) is 28.4 Å². The molecule has 0 fully saturated rings. The second-order valence-electron chi connectivity index (χ2n) is 9.64. The smallest absolute Gasteiger partial charge is 0.133 e. The first-order valence-corrected chi connectivity index (χ1v) is 13.0. The highest BCUT2D eigenvalue weighted by Gasteiger charge is 2.19. The number of benzene rings is 3. The number of rotatable bonds is 8. The molecular formula is C32H34N4O4. The van der Waals surface area contributed by atoms with Crippen LogP contribution in [0.4, 0.5) is 11.4 Å². The van der Waals surface area contributed by atoms with E-state index < -0.39 is 0 Å². The summed E-state index contributed by atoms with van der Waals surface area (Å²) >= 11 is 0. The number of fused-ring (bicyclic) bond motifs is 2. The molecule has 2 aromatic heterocycles. The number of nitrogens with zero attached hydrogens (tertiary/aromatic N) is 2. The van der Waals surface area contributed by atoms with E-state index in [-0.39, 0.29) is 0 Å². The first kappa shape index (κ1) is 26.9. The Kier molecular flexibility index (Phi) is 7.26. The third-order valence-electron chi connectivity index (χ3n) is 7.51. The van der Waals surface area contributed by atoms with Gasteiger partial charge in [-0.2, -0.15) is 0 Å². The molecule has 0 aliphatic rings. The Balaban J connectivity index is 1.61. The third kappa shape index (κ3) is 4.45. The van der Waals surface area contributed by atoms with Crippen molar-refractivity contribution in [2.24, 2.45) is 9.98 Å². The van der Waals surface area contributed by atoms with Gasteiger partial charge >= 0.3 is 0 Å². The molecule has 0 saturated heterocycles. The fourth-order valence-corrected chi connectivity index (χ4v) is 5.11. The Morgan fingerprint density at radius 2 is 0.950 bits per heavy atom. The minimum absolute atomic E-state index is 0.665. The van der Waals surface area contributed by atoms with E-state index in [0.29, 0.717) is 22.9 Å². The van der Waals surface area contributed by atoms with Gasteiger partial charge in [0.15, 0.2) is 0 Å². The summed E-state index contributed by atoms with van der Waals surface area (Å²) in [6, 6.07) is 11.6. The maximum Gasteiger partial charge on any atom is 0.133 e. The third-order valence-corrected chi connectivity index (χ3v) is 7.51. The van der Waals surface area contributed by atoms with Crippen LogP contribution in [-0.2, 0) is 0 Å². The van der Waals surface area contributed by atoms with Gasteiger partial charge in [0.05, 0.1) is 62.0 Å². The van der Waals surface area contributed by atoms with Gasteiger partial charge in [-0.1, -0.05) is 12.1 Å². The van der Waals surface area contributed by atoms with Gasteiger partial charge in [0.2, 0.25) is 0 Å². The summed E-state index contributed by atoms with van der Waals surface area (Å²) in [4.78, 5) is 16.7. The number of H-pyrrole nitrogens is 2. The van der Waals surface area contributed by atoms with Gasteiger partial charge in [-0.05, 0) is 51.0 Å². The molecule has 40 heavy (non-hydrogen) atoms. The van der Waals surface area contributed by atoms with Crippen molar-refractivity contribution in [2.45, 2.75) is 27.7 Å². The Bertz CT molecular complexity index is 1660. The van der Waals surface area contributed by atoms with Crippen molar-refractivity contribution < 1.29 is 18.9 Å². The molecule has 5 aromatic rings. The van der Waals surface area contributed by atoms with Gasteiger partial charge in [0.1, 0.15) is 23.0 Å². The van der Waals surface area contributed by atoms with Crippen molar-refractivity contribution in [1.29, 1.82) is 0 Å². The van der Waals surface area contributed by atoms with E-state index in [1.165, 1.54) is 0 Å². The molecule has 8 heteroatoms. The van der Waals surface area contributed by atoms with E-state index in [2.05, 4.69) is 23.8 Å². The summed E-state index contributed by atoms with van der Waals surface area (Å²) in [6.07, 6.45) is 3.63. The molecule has 5 rings (SSSR count). The number of hydrogen-bond acceptors (Lipinski definition) is 6. The molecular weight excluding hydrogens is 504 g/mol. The van der Waals surface area contributed by atoms with Crippen molar-refractivity contribution >= 4 is 45.6 Å². The number of nitrogens with one attached hydrogen (secondary N) is 2. The summed E-state index contributed by atoms with van der Waals surface area (Å²) in [7, 11) is 6.62. The first-order chi connectivity index (χ1) is 19.3. The van der Waals surface area contributed by atoms with Crippen molar-refractivity contribution in [1.82, 2.24) is 9.97 Å². The minimum atomic E-state index is 0.665. The van der Waals surface area contributed by atoms with E-state index in [1.807, 2.05) is 62.7 Å². The Morgan fingerprint density at radius 3 is 1.30 bits per heavy atom. The van der Waals surface area contributed by atoms with Gasteiger partial charge in [0.25, 0.3) is 0 Å². The van der Waals surface area contributed by atoms with Crippen LogP contribution in [-0.4, -0.2) is 50.8 Å². The average Bonchev–Trinajstić information content (AvgIpc) is 3.44. The predicted octanol–water partition coefficient (Wildman–Crippen LogP) is 7.42. The van der Waals surface area contributed by atoms with Gasteiger partial charge in [-0.3, -0.25) is 9.98 Å². The number of aromatic amines is 2. The lowest BCUT2D eigenvalue weighted by Gasteiger charge is -2.11. The molecule has 0 aliphatic carbocycles. The lowest BCUT2D eigenvalue weighted by atomic mass is 10.1. The molecule has 0 bridgehead atoms.